The van der Waals surface area contributed by atoms with Gasteiger partial charge >= 0.3 is 0 Å². The van der Waals surface area contributed by atoms with E-state index in [0.29, 0.717) is 37.4 Å². The number of carbonyl (C=O) groups excluding carboxylic acids is 1. The smallest absolute Gasteiger partial charge is 0.243 e. The van der Waals surface area contributed by atoms with Crippen molar-refractivity contribution in [3.8, 4) is 0 Å². The molecule has 0 bridgehead atoms. The van der Waals surface area contributed by atoms with Crippen molar-refractivity contribution < 1.29 is 13.2 Å². The fourth-order valence-corrected chi connectivity index (χ4v) is 4.59. The third-order valence-electron chi connectivity index (χ3n) is 5.15. The third-order valence-corrected chi connectivity index (χ3v) is 7.07. The minimum absolute atomic E-state index is 0. The first-order valence-corrected chi connectivity index (χ1v) is 10.9. The topological polar surface area (TPSA) is 92.5 Å². The molecule has 6 nitrogen and oxygen atoms in total. The summed E-state index contributed by atoms with van der Waals surface area (Å²) in [5.41, 5.74) is 6.29. The van der Waals surface area contributed by atoms with Crippen molar-refractivity contribution in [2.45, 2.75) is 63.3 Å². The fourth-order valence-electron chi connectivity index (χ4n) is 3.12. The van der Waals surface area contributed by atoms with Gasteiger partial charge in [0, 0.05) is 31.1 Å². The lowest BCUT2D eigenvalue weighted by atomic mass is 9.87. The number of nitrogens with zero attached hydrogens (tertiary/aromatic N) is 1. The van der Waals surface area contributed by atoms with Crippen LogP contribution in [0.15, 0.2) is 29.2 Å². The monoisotopic (exact) mass is 431 g/mol. The lowest BCUT2D eigenvalue weighted by Gasteiger charge is -2.33. The molecule has 0 saturated carbocycles. The Bertz CT molecular complexity index is 763. The van der Waals surface area contributed by atoms with Crippen LogP contribution in [0.1, 0.15) is 53.0 Å². The van der Waals surface area contributed by atoms with Crippen molar-refractivity contribution >= 4 is 28.3 Å². The summed E-state index contributed by atoms with van der Waals surface area (Å²) in [6, 6.07) is 7.11. The van der Waals surface area contributed by atoms with Gasteiger partial charge in [-0.15, -0.1) is 12.4 Å². The molecule has 0 spiro atoms. The van der Waals surface area contributed by atoms with Crippen LogP contribution in [0, 0.1) is 5.92 Å². The van der Waals surface area contributed by atoms with Crippen LogP contribution < -0.4 is 11.1 Å². The number of nitrogens with one attached hydrogen (secondary N) is 1. The first-order valence-electron chi connectivity index (χ1n) is 9.49. The van der Waals surface area contributed by atoms with Crippen molar-refractivity contribution in [2.75, 3.05) is 19.6 Å². The Morgan fingerprint density at radius 3 is 2.04 bits per heavy atom. The van der Waals surface area contributed by atoms with Crippen LogP contribution in [0.2, 0.25) is 0 Å². The summed E-state index contributed by atoms with van der Waals surface area (Å²) >= 11 is 0. The molecule has 2 rings (SSSR count). The third kappa shape index (κ3) is 5.92. The SMILES string of the molecule is CC(C)(CN)NC(=O)C1CCN(S(=O)(=O)c2ccc(C(C)(C)C)cc2)CC1.Cl. The van der Waals surface area contributed by atoms with E-state index in [2.05, 4.69) is 26.1 Å². The molecular formula is C20H34ClN3O3S. The van der Waals surface area contributed by atoms with Gasteiger partial charge in [-0.25, -0.2) is 8.42 Å². The minimum atomic E-state index is -3.53. The molecular weight excluding hydrogens is 398 g/mol. The summed E-state index contributed by atoms with van der Waals surface area (Å²) in [7, 11) is -3.53. The van der Waals surface area contributed by atoms with Crippen LogP contribution in [0.5, 0.6) is 0 Å². The highest BCUT2D eigenvalue weighted by Gasteiger charge is 2.33. The standard InChI is InChI=1S/C20H33N3O3S.ClH/c1-19(2,3)16-6-8-17(9-7-16)27(25,26)23-12-10-15(11-13-23)18(24)22-20(4,5)14-21;/h6-9,15H,10-14,21H2,1-5H3,(H,22,24);1H. The first-order chi connectivity index (χ1) is 12.4. The molecule has 1 aliphatic heterocycles. The second-order valence-electron chi connectivity index (χ2n) is 9.03. The lowest BCUT2D eigenvalue weighted by molar-refractivity contribution is -0.127. The van der Waals surface area contributed by atoms with E-state index < -0.39 is 15.6 Å². The Morgan fingerprint density at radius 2 is 1.61 bits per heavy atom. The zero-order valence-corrected chi connectivity index (χ0v) is 19.1. The number of amides is 1. The van der Waals surface area contributed by atoms with Crippen LogP contribution in [0.4, 0.5) is 0 Å². The molecule has 0 atom stereocenters. The average Bonchev–Trinajstić information content (AvgIpc) is 2.61. The molecule has 1 aliphatic rings. The molecule has 1 aromatic rings. The van der Waals surface area contributed by atoms with Crippen LogP contribution in [0.25, 0.3) is 0 Å². The van der Waals surface area contributed by atoms with Gasteiger partial charge in [0.15, 0.2) is 0 Å². The molecule has 28 heavy (non-hydrogen) atoms. The fraction of sp³-hybridized carbons (Fsp3) is 0.650. The van der Waals surface area contributed by atoms with E-state index in [-0.39, 0.29) is 29.6 Å². The molecule has 3 N–H and O–H groups in total. The van der Waals surface area contributed by atoms with E-state index in [1.54, 1.807) is 12.1 Å². The Balaban J connectivity index is 0.00000392. The Kier molecular flexibility index (Phi) is 8.10. The van der Waals surface area contributed by atoms with Crippen molar-refractivity contribution in [3.05, 3.63) is 29.8 Å². The predicted octanol–water partition coefficient (Wildman–Crippen LogP) is 2.66. The van der Waals surface area contributed by atoms with Gasteiger partial charge < -0.3 is 11.1 Å². The lowest BCUT2D eigenvalue weighted by Crippen LogP contribution is -2.52. The molecule has 1 heterocycles. The maximum Gasteiger partial charge on any atom is 0.243 e. The molecule has 0 aliphatic carbocycles. The first kappa shape index (κ1) is 24.9. The van der Waals surface area contributed by atoms with E-state index in [9.17, 15) is 13.2 Å². The van der Waals surface area contributed by atoms with E-state index in [0.717, 1.165) is 5.56 Å². The highest BCUT2D eigenvalue weighted by molar-refractivity contribution is 7.89. The molecule has 1 saturated heterocycles. The molecule has 0 unspecified atom stereocenters. The number of halogens is 1. The minimum Gasteiger partial charge on any atom is -0.350 e. The maximum atomic E-state index is 12.9. The quantitative estimate of drug-likeness (QED) is 0.749. The van der Waals surface area contributed by atoms with Crippen molar-refractivity contribution in [3.63, 3.8) is 0 Å². The summed E-state index contributed by atoms with van der Waals surface area (Å²) in [4.78, 5) is 12.7. The van der Waals surface area contributed by atoms with E-state index >= 15 is 0 Å². The van der Waals surface area contributed by atoms with Gasteiger partial charge in [0.25, 0.3) is 0 Å². The van der Waals surface area contributed by atoms with Gasteiger partial charge in [-0.05, 0) is 49.8 Å². The van der Waals surface area contributed by atoms with Crippen molar-refractivity contribution in [2.24, 2.45) is 11.7 Å². The van der Waals surface area contributed by atoms with Gasteiger partial charge in [0.2, 0.25) is 15.9 Å². The summed E-state index contributed by atoms with van der Waals surface area (Å²) in [5, 5.41) is 2.95. The van der Waals surface area contributed by atoms with Gasteiger partial charge in [-0.3, -0.25) is 4.79 Å². The second-order valence-corrected chi connectivity index (χ2v) is 11.0. The molecule has 160 valence electrons. The zero-order chi connectivity index (χ0) is 20.5. The summed E-state index contributed by atoms with van der Waals surface area (Å²) in [6.07, 6.45) is 1.04. The summed E-state index contributed by atoms with van der Waals surface area (Å²) in [5.74, 6) is -0.220. The molecule has 1 amide bonds. The van der Waals surface area contributed by atoms with E-state index in [4.69, 9.17) is 5.73 Å². The van der Waals surface area contributed by atoms with Crippen LogP contribution in [-0.4, -0.2) is 43.8 Å². The second kappa shape index (κ2) is 9.11. The van der Waals surface area contributed by atoms with Gasteiger partial charge in [0.05, 0.1) is 4.90 Å². The summed E-state index contributed by atoms with van der Waals surface area (Å²) in [6.45, 7) is 11.1. The Hall–Kier alpha value is -1.15. The Morgan fingerprint density at radius 1 is 1.11 bits per heavy atom. The van der Waals surface area contributed by atoms with Crippen molar-refractivity contribution in [1.82, 2.24) is 9.62 Å². The highest BCUT2D eigenvalue weighted by Crippen LogP contribution is 2.27. The number of rotatable bonds is 5. The number of hydrogen-bond donors (Lipinski definition) is 2. The highest BCUT2D eigenvalue weighted by atomic mass is 35.5. The molecule has 0 radical (unpaired) electrons. The van der Waals surface area contributed by atoms with Crippen molar-refractivity contribution in [1.29, 1.82) is 0 Å². The number of nitrogens with two attached hydrogens (primary N) is 1. The van der Waals surface area contributed by atoms with E-state index in [1.807, 2.05) is 26.0 Å². The van der Waals surface area contributed by atoms with Crippen LogP contribution >= 0.6 is 12.4 Å². The van der Waals surface area contributed by atoms with Crippen LogP contribution in [-0.2, 0) is 20.2 Å². The Labute approximate surface area is 175 Å². The van der Waals surface area contributed by atoms with Gasteiger partial charge in [-0.2, -0.15) is 4.31 Å². The summed E-state index contributed by atoms with van der Waals surface area (Å²) < 4.78 is 27.3. The number of piperidine rings is 1. The average molecular weight is 432 g/mol. The number of sulfonamides is 1. The van der Waals surface area contributed by atoms with Crippen LogP contribution in [0.3, 0.4) is 0 Å². The molecule has 8 heteroatoms. The number of carbonyl (C=O) groups is 1. The van der Waals surface area contributed by atoms with Gasteiger partial charge in [0.1, 0.15) is 0 Å². The number of benzene rings is 1. The maximum absolute atomic E-state index is 12.9. The molecule has 1 fully saturated rings. The largest absolute Gasteiger partial charge is 0.350 e. The predicted molar refractivity (Wildman–Crippen MR) is 115 cm³/mol. The number of hydrogen-bond acceptors (Lipinski definition) is 4. The van der Waals surface area contributed by atoms with Gasteiger partial charge in [-0.1, -0.05) is 32.9 Å². The normalized spacial score (nSPS) is 17.1. The molecule has 1 aromatic carbocycles. The van der Waals surface area contributed by atoms with E-state index in [1.165, 1.54) is 4.31 Å². The zero-order valence-electron chi connectivity index (χ0n) is 17.5. The molecule has 0 aromatic heterocycles.